The van der Waals surface area contributed by atoms with Gasteiger partial charge in [-0.2, -0.15) is 0 Å². The van der Waals surface area contributed by atoms with Crippen LogP contribution in [-0.2, 0) is 17.6 Å². The summed E-state index contributed by atoms with van der Waals surface area (Å²) in [5.74, 6) is 2.88. The van der Waals surface area contributed by atoms with Gasteiger partial charge in [-0.3, -0.25) is 0 Å². The third-order valence-corrected chi connectivity index (χ3v) is 8.70. The van der Waals surface area contributed by atoms with Crippen LogP contribution >= 0.6 is 0 Å². The second-order valence-corrected chi connectivity index (χ2v) is 10.9. The van der Waals surface area contributed by atoms with Gasteiger partial charge in [-0.25, -0.2) is 4.39 Å². The quantitative estimate of drug-likeness (QED) is 0.359. The Morgan fingerprint density at radius 1 is 0.871 bits per heavy atom. The van der Waals surface area contributed by atoms with Crippen molar-refractivity contribution in [2.24, 2.45) is 17.8 Å². The first-order valence-electron chi connectivity index (χ1n) is 13.6. The van der Waals surface area contributed by atoms with Gasteiger partial charge in [-0.15, -0.1) is 0 Å². The standard InChI is InChI=1S/C29H45FO/c1-3-5-6-7-15-31-27-14-13-22-17-25(12-11-23(22)18-27)28-19-24-10-9-21(8-4-2)16-26(24)20-29(28)30/h19-23,25,27H,3-18H2,1-2H3. The predicted octanol–water partition coefficient (Wildman–Crippen LogP) is 8.38. The zero-order valence-electron chi connectivity index (χ0n) is 20.1. The number of aryl methyl sites for hydroxylation is 1. The molecule has 0 N–H and O–H groups in total. The number of halogens is 1. The van der Waals surface area contributed by atoms with Crippen molar-refractivity contribution in [2.45, 2.75) is 122 Å². The molecule has 4 rings (SSSR count). The number of hydrogen-bond donors (Lipinski definition) is 0. The Balaban J connectivity index is 1.31. The van der Waals surface area contributed by atoms with E-state index in [1.54, 1.807) is 0 Å². The maximum absolute atomic E-state index is 15.2. The number of benzene rings is 1. The summed E-state index contributed by atoms with van der Waals surface area (Å²) < 4.78 is 21.4. The normalized spacial score (nSPS) is 30.6. The molecule has 2 saturated carbocycles. The average molecular weight is 429 g/mol. The van der Waals surface area contributed by atoms with E-state index in [9.17, 15) is 0 Å². The lowest BCUT2D eigenvalue weighted by molar-refractivity contribution is -0.0164. The van der Waals surface area contributed by atoms with E-state index in [1.165, 1.54) is 94.6 Å². The molecule has 2 heteroatoms. The van der Waals surface area contributed by atoms with Crippen LogP contribution in [0.25, 0.3) is 0 Å². The SMILES string of the molecule is CCCCCCOC1CCC2CC(c3cc4c(cc3F)CC(CCC)CC4)CCC2C1. The fraction of sp³-hybridized carbons (Fsp3) is 0.793. The van der Waals surface area contributed by atoms with E-state index in [0.717, 1.165) is 42.8 Å². The minimum Gasteiger partial charge on any atom is -0.378 e. The molecule has 1 nitrogen and oxygen atoms in total. The first kappa shape index (κ1) is 23.3. The highest BCUT2D eigenvalue weighted by molar-refractivity contribution is 5.37. The van der Waals surface area contributed by atoms with Crippen LogP contribution in [-0.4, -0.2) is 12.7 Å². The summed E-state index contributed by atoms with van der Waals surface area (Å²) in [4.78, 5) is 0. The molecule has 31 heavy (non-hydrogen) atoms. The fourth-order valence-electron chi connectivity index (χ4n) is 6.90. The third kappa shape index (κ3) is 5.92. The Hall–Kier alpha value is -0.890. The number of ether oxygens (including phenoxy) is 1. The molecule has 3 aliphatic carbocycles. The summed E-state index contributed by atoms with van der Waals surface area (Å²) in [7, 11) is 0. The summed E-state index contributed by atoms with van der Waals surface area (Å²) >= 11 is 0. The smallest absolute Gasteiger partial charge is 0.126 e. The van der Waals surface area contributed by atoms with Gasteiger partial charge in [0.25, 0.3) is 0 Å². The van der Waals surface area contributed by atoms with Crippen molar-refractivity contribution in [1.82, 2.24) is 0 Å². The van der Waals surface area contributed by atoms with E-state index in [-0.39, 0.29) is 5.82 Å². The largest absolute Gasteiger partial charge is 0.378 e. The molecular weight excluding hydrogens is 383 g/mol. The Kier molecular flexibility index (Phi) is 8.49. The highest BCUT2D eigenvalue weighted by atomic mass is 19.1. The van der Waals surface area contributed by atoms with Crippen molar-refractivity contribution >= 4 is 0 Å². The molecule has 0 spiro atoms. The summed E-state index contributed by atoms with van der Waals surface area (Å²) in [5, 5.41) is 0. The van der Waals surface area contributed by atoms with Crippen LogP contribution < -0.4 is 0 Å². The molecule has 1 aromatic carbocycles. The van der Waals surface area contributed by atoms with E-state index in [2.05, 4.69) is 19.9 Å². The van der Waals surface area contributed by atoms with Crippen molar-refractivity contribution in [2.75, 3.05) is 6.61 Å². The minimum absolute atomic E-state index is 0.0865. The molecule has 5 unspecified atom stereocenters. The summed E-state index contributed by atoms with van der Waals surface area (Å²) in [5.41, 5.74) is 3.79. The van der Waals surface area contributed by atoms with Gasteiger partial charge in [-0.1, -0.05) is 52.0 Å². The second kappa shape index (κ2) is 11.3. The van der Waals surface area contributed by atoms with Crippen LogP contribution in [0.3, 0.4) is 0 Å². The summed E-state index contributed by atoms with van der Waals surface area (Å²) in [6.45, 7) is 5.48. The van der Waals surface area contributed by atoms with Crippen molar-refractivity contribution in [3.8, 4) is 0 Å². The van der Waals surface area contributed by atoms with Crippen molar-refractivity contribution in [3.05, 3.63) is 34.6 Å². The molecule has 0 amide bonds. The van der Waals surface area contributed by atoms with Gasteiger partial charge in [0, 0.05) is 6.61 Å². The second-order valence-electron chi connectivity index (χ2n) is 10.9. The topological polar surface area (TPSA) is 9.23 Å². The van der Waals surface area contributed by atoms with Crippen LogP contribution in [0, 0.1) is 23.6 Å². The van der Waals surface area contributed by atoms with E-state index in [4.69, 9.17) is 4.74 Å². The van der Waals surface area contributed by atoms with Gasteiger partial charge in [-0.05, 0) is 111 Å². The first-order valence-corrected chi connectivity index (χ1v) is 13.6. The molecular formula is C29H45FO. The Labute approximate surface area is 190 Å². The van der Waals surface area contributed by atoms with Gasteiger partial charge >= 0.3 is 0 Å². The molecule has 0 bridgehead atoms. The van der Waals surface area contributed by atoms with Gasteiger partial charge in [0.2, 0.25) is 0 Å². The first-order chi connectivity index (χ1) is 15.2. The number of fused-ring (bicyclic) bond motifs is 2. The van der Waals surface area contributed by atoms with E-state index >= 15 is 4.39 Å². The maximum Gasteiger partial charge on any atom is 0.126 e. The Bertz CT molecular complexity index is 698. The van der Waals surface area contributed by atoms with E-state index < -0.39 is 0 Å². The van der Waals surface area contributed by atoms with Gasteiger partial charge in [0.1, 0.15) is 5.82 Å². The van der Waals surface area contributed by atoms with Crippen LogP contribution in [0.15, 0.2) is 12.1 Å². The molecule has 0 radical (unpaired) electrons. The zero-order valence-corrected chi connectivity index (χ0v) is 20.1. The molecule has 0 saturated heterocycles. The summed E-state index contributed by atoms with van der Waals surface area (Å²) in [6, 6.07) is 4.20. The number of rotatable bonds is 9. The monoisotopic (exact) mass is 428 g/mol. The highest BCUT2D eigenvalue weighted by Crippen LogP contribution is 2.47. The minimum atomic E-state index is 0.0865. The van der Waals surface area contributed by atoms with E-state index in [1.807, 2.05) is 6.07 Å². The zero-order chi connectivity index (χ0) is 21.6. The third-order valence-electron chi connectivity index (χ3n) is 8.70. The summed E-state index contributed by atoms with van der Waals surface area (Å²) in [6.07, 6.45) is 19.1. The van der Waals surface area contributed by atoms with Crippen molar-refractivity contribution < 1.29 is 9.13 Å². The van der Waals surface area contributed by atoms with E-state index in [0.29, 0.717) is 12.0 Å². The van der Waals surface area contributed by atoms with Crippen LogP contribution in [0.2, 0.25) is 0 Å². The van der Waals surface area contributed by atoms with Crippen LogP contribution in [0.5, 0.6) is 0 Å². The molecule has 0 aromatic heterocycles. The molecule has 0 heterocycles. The lowest BCUT2D eigenvalue weighted by Crippen LogP contribution is -2.34. The molecule has 1 aromatic rings. The van der Waals surface area contributed by atoms with Gasteiger partial charge < -0.3 is 4.74 Å². The van der Waals surface area contributed by atoms with Crippen LogP contribution in [0.1, 0.15) is 120 Å². The molecule has 5 atom stereocenters. The average Bonchev–Trinajstić information content (AvgIpc) is 2.78. The molecule has 0 aliphatic heterocycles. The lowest BCUT2D eigenvalue weighted by atomic mass is 9.65. The lowest BCUT2D eigenvalue weighted by Gasteiger charge is -2.42. The Morgan fingerprint density at radius 3 is 2.55 bits per heavy atom. The van der Waals surface area contributed by atoms with Crippen LogP contribution in [0.4, 0.5) is 4.39 Å². The number of hydrogen-bond acceptors (Lipinski definition) is 1. The van der Waals surface area contributed by atoms with Gasteiger partial charge in [0.05, 0.1) is 6.10 Å². The van der Waals surface area contributed by atoms with Gasteiger partial charge in [0.15, 0.2) is 0 Å². The highest BCUT2D eigenvalue weighted by Gasteiger charge is 2.37. The molecule has 2 fully saturated rings. The fourth-order valence-corrected chi connectivity index (χ4v) is 6.90. The molecule has 174 valence electrons. The maximum atomic E-state index is 15.2. The number of unbranched alkanes of at least 4 members (excludes halogenated alkanes) is 3. The van der Waals surface area contributed by atoms with Crippen molar-refractivity contribution in [1.29, 1.82) is 0 Å². The molecule has 3 aliphatic rings. The Morgan fingerprint density at radius 2 is 1.71 bits per heavy atom. The predicted molar refractivity (Wildman–Crippen MR) is 128 cm³/mol. The van der Waals surface area contributed by atoms with Crippen molar-refractivity contribution in [3.63, 3.8) is 0 Å².